The molecule has 0 bridgehead atoms. The number of hydrogen-bond donors (Lipinski definition) is 1. The molecule has 0 spiro atoms. The van der Waals surface area contributed by atoms with E-state index in [0.29, 0.717) is 75.8 Å². The zero-order chi connectivity index (χ0) is 56.9. The summed E-state index contributed by atoms with van der Waals surface area (Å²) in [5.41, 5.74) is 7.89. The van der Waals surface area contributed by atoms with Crippen LogP contribution in [0.1, 0.15) is 73.1 Å². The number of aromatic nitrogens is 6. The molecule has 416 valence electrons. The third kappa shape index (κ3) is 14.2. The number of piperidine rings is 2. The summed E-state index contributed by atoms with van der Waals surface area (Å²) in [6, 6.07) is 31.1. The number of amides is 2. The molecule has 2 saturated heterocycles. The molecule has 2 fully saturated rings. The number of likely N-dealkylation sites (tertiary alicyclic amines) is 2. The molecule has 2 aliphatic heterocycles. The number of carbonyl (C=O) groups excluding carboxylic acids is 2. The van der Waals surface area contributed by atoms with Gasteiger partial charge in [-0.15, -0.1) is 0 Å². The predicted octanol–water partition coefficient (Wildman–Crippen LogP) is 12.2. The van der Waals surface area contributed by atoms with E-state index in [2.05, 4.69) is 15.0 Å². The van der Waals surface area contributed by atoms with Gasteiger partial charge in [-0.2, -0.15) is 0 Å². The average Bonchev–Trinajstić information content (AvgIpc) is 4.01. The van der Waals surface area contributed by atoms with Crippen molar-refractivity contribution in [2.24, 2.45) is 11.7 Å². The van der Waals surface area contributed by atoms with Crippen molar-refractivity contribution in [1.29, 1.82) is 0 Å². The molecule has 2 amide bonds. The van der Waals surface area contributed by atoms with Crippen LogP contribution in [0.15, 0.2) is 144 Å². The number of nitrogens with zero attached hydrogens (tertiary/aromatic N) is 8. The van der Waals surface area contributed by atoms with Crippen LogP contribution < -0.4 is 5.73 Å². The topological polar surface area (TPSA) is 215 Å². The molecule has 17 nitrogen and oxygen atoms in total. The first-order valence-electron chi connectivity index (χ1n) is 25.6. The molecule has 22 heteroatoms. The van der Waals surface area contributed by atoms with Gasteiger partial charge in [0.2, 0.25) is 5.28 Å². The molecule has 2 N–H and O–H groups in total. The number of ether oxygens (including phenoxy) is 2. The van der Waals surface area contributed by atoms with E-state index in [-0.39, 0.29) is 44.2 Å². The Labute approximate surface area is 475 Å². The lowest BCUT2D eigenvalue weighted by Gasteiger charge is -2.34. The minimum absolute atomic E-state index is 0.0344. The Kier molecular flexibility index (Phi) is 18.1. The Hall–Kier alpha value is -6.61. The molecule has 0 radical (unpaired) electrons. The van der Waals surface area contributed by atoms with Crippen molar-refractivity contribution in [3.63, 3.8) is 0 Å². The highest BCUT2D eigenvalue weighted by Gasteiger charge is 2.30. The molecule has 0 aliphatic carbocycles. The van der Waals surface area contributed by atoms with Crippen molar-refractivity contribution in [1.82, 2.24) is 37.7 Å². The van der Waals surface area contributed by atoms with Crippen LogP contribution in [-0.2, 0) is 35.9 Å². The summed E-state index contributed by atoms with van der Waals surface area (Å²) in [5, 5.41) is 2.07. The van der Waals surface area contributed by atoms with Gasteiger partial charge >= 0.3 is 12.2 Å². The van der Waals surface area contributed by atoms with Crippen LogP contribution in [0.5, 0.6) is 0 Å². The second-order valence-electron chi connectivity index (χ2n) is 21.1. The predicted molar refractivity (Wildman–Crippen MR) is 308 cm³/mol. The highest BCUT2D eigenvalue weighted by atomic mass is 35.5. The van der Waals surface area contributed by atoms with E-state index in [0.717, 1.165) is 37.6 Å². The maximum atomic E-state index is 13.5. The zero-order valence-electron chi connectivity index (χ0n) is 44.6. The Bertz CT molecular complexity index is 3700. The summed E-state index contributed by atoms with van der Waals surface area (Å²) < 4.78 is 66.6. The van der Waals surface area contributed by atoms with Gasteiger partial charge in [0.25, 0.3) is 20.0 Å². The lowest BCUT2D eigenvalue weighted by molar-refractivity contribution is 0.0162. The second-order valence-corrected chi connectivity index (χ2v) is 25.9. The largest absolute Gasteiger partial charge is 0.444 e. The number of rotatable bonds is 8. The van der Waals surface area contributed by atoms with Crippen molar-refractivity contribution >= 4 is 88.8 Å². The van der Waals surface area contributed by atoms with Gasteiger partial charge in [0, 0.05) is 79.1 Å². The Balaban J connectivity index is 0.000000176. The van der Waals surface area contributed by atoms with E-state index in [1.807, 2.05) is 65.8 Å². The molecule has 2 atom stereocenters. The van der Waals surface area contributed by atoms with Crippen LogP contribution in [-0.4, -0.2) is 110 Å². The fourth-order valence-electron chi connectivity index (χ4n) is 9.20. The maximum Gasteiger partial charge on any atom is 0.410 e. The summed E-state index contributed by atoms with van der Waals surface area (Å²) in [6.07, 6.45) is 9.84. The molecule has 4 aromatic carbocycles. The number of carbonyl (C=O) groups is 2. The van der Waals surface area contributed by atoms with Crippen molar-refractivity contribution in [2.75, 3.05) is 26.2 Å². The number of para-hydroxylation sites is 2. The number of fused-ring (bicyclic) bond motifs is 2. The minimum Gasteiger partial charge on any atom is -0.444 e. The molecular formula is C57H62Cl3N9O8S2. The molecule has 79 heavy (non-hydrogen) atoms. The zero-order valence-corrected chi connectivity index (χ0v) is 48.5. The highest BCUT2D eigenvalue weighted by Crippen LogP contribution is 2.38. The lowest BCUT2D eigenvalue weighted by atomic mass is 9.94. The summed E-state index contributed by atoms with van der Waals surface area (Å²) in [6.45, 7) is 13.8. The highest BCUT2D eigenvalue weighted by molar-refractivity contribution is 7.90. The Morgan fingerprint density at radius 1 is 0.595 bits per heavy atom. The van der Waals surface area contributed by atoms with Crippen LogP contribution in [0.2, 0.25) is 15.3 Å². The van der Waals surface area contributed by atoms with Gasteiger partial charge in [-0.3, -0.25) is 0 Å². The van der Waals surface area contributed by atoms with Crippen molar-refractivity contribution in [3.8, 4) is 22.5 Å². The number of benzene rings is 4. The lowest BCUT2D eigenvalue weighted by Crippen LogP contribution is -2.47. The van der Waals surface area contributed by atoms with Crippen molar-refractivity contribution in [3.05, 3.63) is 155 Å². The van der Waals surface area contributed by atoms with Gasteiger partial charge in [0.1, 0.15) is 17.0 Å². The van der Waals surface area contributed by atoms with Gasteiger partial charge in [-0.05, 0) is 121 Å². The summed E-state index contributed by atoms with van der Waals surface area (Å²) in [7, 11) is -7.62. The summed E-state index contributed by atoms with van der Waals surface area (Å²) in [4.78, 5) is 45.3. The number of hydrogen-bond acceptors (Lipinski definition) is 13. The van der Waals surface area contributed by atoms with Crippen LogP contribution in [0.4, 0.5) is 9.59 Å². The van der Waals surface area contributed by atoms with Crippen LogP contribution in [0.3, 0.4) is 0 Å². The molecule has 10 rings (SSSR count). The van der Waals surface area contributed by atoms with E-state index in [1.165, 1.54) is 20.3 Å². The first-order chi connectivity index (χ1) is 37.4. The molecule has 2 aliphatic rings. The first-order valence-corrected chi connectivity index (χ1v) is 29.6. The standard InChI is InChI=1S/C29H31ClN4O4S.C18H11Cl2N3O2S.C10H20N2O2/c1-29(2,3)38-28(35)33-15-9-10-20(18-33)16-26-31-17-24(30)27(32-26)23-19-34(25-14-8-7-13-22(23)25)39(36,37)21-11-5-4-6-12-21;19-15-10-21-18(20)22-17(15)14-11-23(16-9-5-4-8-13(14)16)26(24,25)12-6-2-1-3-7-12;1-10(2,3)14-9(13)12-6-4-5-8(11)7-12/h4-8,11-14,17,19-20H,9-10,15-16,18H2,1-3H3;1-11H;8H,4-7,11H2,1-3H3/t20-;;8-/m0.1/s1. The van der Waals surface area contributed by atoms with E-state index in [4.69, 9.17) is 55.0 Å². The van der Waals surface area contributed by atoms with E-state index >= 15 is 0 Å². The molecular weight excluding hydrogens is 1110 g/mol. The van der Waals surface area contributed by atoms with E-state index < -0.39 is 31.2 Å². The normalized spacial score (nSPS) is 16.1. The maximum absolute atomic E-state index is 13.5. The molecule has 6 heterocycles. The van der Waals surface area contributed by atoms with E-state index in [1.54, 1.807) is 107 Å². The van der Waals surface area contributed by atoms with Crippen LogP contribution >= 0.6 is 34.8 Å². The SMILES string of the molecule is CC(C)(C)OC(=O)N1CCC[C@@H](Cc2ncc(Cl)c(-c3cn(S(=O)(=O)c4ccccc4)c4ccccc34)n2)C1.CC(C)(C)OC(=O)N1CCC[C@@H](N)C1.O=S(=O)(c1ccccc1)n1cc(-c2nc(Cl)ncc2Cl)c2ccccc21. The van der Waals surface area contributed by atoms with E-state index in [9.17, 15) is 26.4 Å². The van der Waals surface area contributed by atoms with Gasteiger partial charge in [-0.1, -0.05) is 96.0 Å². The van der Waals surface area contributed by atoms with Crippen LogP contribution in [0.25, 0.3) is 44.3 Å². The molecule has 0 unspecified atom stereocenters. The van der Waals surface area contributed by atoms with Crippen molar-refractivity contribution < 1.29 is 35.9 Å². The summed E-state index contributed by atoms with van der Waals surface area (Å²) >= 11 is 18.7. The quantitative estimate of drug-likeness (QED) is 0.140. The fourth-order valence-corrected chi connectivity index (χ4v) is 12.5. The molecule has 8 aromatic rings. The smallest absolute Gasteiger partial charge is 0.410 e. The molecule has 4 aromatic heterocycles. The number of halogens is 3. The third-order valence-electron chi connectivity index (χ3n) is 12.7. The summed E-state index contributed by atoms with van der Waals surface area (Å²) in [5.74, 6) is 0.758. The average molecular weight is 1170 g/mol. The molecule has 0 saturated carbocycles. The fraction of sp³-hybridized carbons (Fsp3) is 0.333. The van der Waals surface area contributed by atoms with Gasteiger partial charge in [-0.25, -0.2) is 54.3 Å². The van der Waals surface area contributed by atoms with Crippen molar-refractivity contribution in [2.45, 2.75) is 101 Å². The monoisotopic (exact) mass is 1170 g/mol. The van der Waals surface area contributed by atoms with Crippen LogP contribution in [0, 0.1) is 5.92 Å². The van der Waals surface area contributed by atoms with Gasteiger partial charge < -0.3 is 25.0 Å². The Morgan fingerprint density at radius 3 is 1.51 bits per heavy atom. The number of nitrogens with two attached hydrogens (primary N) is 1. The first kappa shape index (κ1) is 58.5. The third-order valence-corrected chi connectivity index (χ3v) is 16.8. The minimum atomic E-state index is -3.84. The Morgan fingerprint density at radius 2 is 1.03 bits per heavy atom. The van der Waals surface area contributed by atoms with Gasteiger partial charge in [0.05, 0.1) is 48.5 Å². The van der Waals surface area contributed by atoms with Gasteiger partial charge in [0.15, 0.2) is 0 Å². The second kappa shape index (κ2) is 24.4.